The van der Waals surface area contributed by atoms with Crippen molar-refractivity contribution in [3.63, 3.8) is 0 Å². The van der Waals surface area contributed by atoms with Crippen LogP contribution in [0.3, 0.4) is 0 Å². The van der Waals surface area contributed by atoms with Gasteiger partial charge in [0.25, 0.3) is 0 Å². The van der Waals surface area contributed by atoms with Crippen LogP contribution in [0.5, 0.6) is 0 Å². The molecule has 26 heavy (non-hydrogen) atoms. The van der Waals surface area contributed by atoms with Gasteiger partial charge in [-0.1, -0.05) is 66.3 Å². The average Bonchev–Trinajstić information content (AvgIpc) is 3.27. The Hall–Kier alpha value is -1.63. The Morgan fingerprint density at radius 1 is 1.27 bits per heavy atom. The molecule has 5 nitrogen and oxygen atoms in total. The van der Waals surface area contributed by atoms with Gasteiger partial charge < -0.3 is 10.4 Å². The topological polar surface area (TPSA) is 79.3 Å². The lowest BCUT2D eigenvalue weighted by Gasteiger charge is -2.20. The molecule has 8 heteroatoms. The van der Waals surface area contributed by atoms with Crippen LogP contribution in [0.15, 0.2) is 24.4 Å². The van der Waals surface area contributed by atoms with E-state index in [1.807, 2.05) is 6.07 Å². The van der Waals surface area contributed by atoms with Gasteiger partial charge in [0.15, 0.2) is 5.13 Å². The van der Waals surface area contributed by atoms with E-state index >= 15 is 0 Å². The molecule has 1 heterocycles. The summed E-state index contributed by atoms with van der Waals surface area (Å²) >= 11 is 13.1. The van der Waals surface area contributed by atoms with Gasteiger partial charge in [-0.05, 0) is 30.0 Å². The molecule has 138 valence electrons. The Labute approximate surface area is 165 Å². The van der Waals surface area contributed by atoms with E-state index in [1.165, 1.54) is 19.0 Å². The summed E-state index contributed by atoms with van der Waals surface area (Å²) in [5, 5.41) is 12.9. The zero-order valence-electron chi connectivity index (χ0n) is 13.9. The largest absolute Gasteiger partial charge is 0.477 e. The predicted octanol–water partition coefficient (Wildman–Crippen LogP) is 5.45. The molecule has 0 aliphatic heterocycles. The van der Waals surface area contributed by atoms with Crippen LogP contribution in [0.2, 0.25) is 10.0 Å². The highest BCUT2D eigenvalue weighted by atomic mass is 35.5. The van der Waals surface area contributed by atoms with E-state index in [9.17, 15) is 9.59 Å². The fourth-order valence-corrected chi connectivity index (χ4v) is 4.29. The maximum absolute atomic E-state index is 12.9. The van der Waals surface area contributed by atoms with E-state index in [-0.39, 0.29) is 21.8 Å². The van der Waals surface area contributed by atoms with Crippen LogP contribution in [0.4, 0.5) is 5.13 Å². The summed E-state index contributed by atoms with van der Waals surface area (Å²) < 4.78 is 0. The van der Waals surface area contributed by atoms with Gasteiger partial charge in [0.05, 0.1) is 22.2 Å². The van der Waals surface area contributed by atoms with Gasteiger partial charge in [0.1, 0.15) is 4.88 Å². The SMILES string of the molecule is O=C(O)c1cnc(NC(=O)C(CC2CCCC2)c2ccc(Cl)c(Cl)c2)s1. The van der Waals surface area contributed by atoms with Crippen LogP contribution in [-0.2, 0) is 4.79 Å². The number of aromatic carboxylic acids is 1. The minimum absolute atomic E-state index is 0.0854. The predicted molar refractivity (Wildman–Crippen MR) is 103 cm³/mol. The number of nitrogens with zero attached hydrogens (tertiary/aromatic N) is 1. The lowest BCUT2D eigenvalue weighted by molar-refractivity contribution is -0.118. The zero-order valence-corrected chi connectivity index (χ0v) is 16.2. The first-order valence-corrected chi connectivity index (χ1v) is 9.96. The van der Waals surface area contributed by atoms with E-state index in [4.69, 9.17) is 28.3 Å². The Kier molecular flexibility index (Phi) is 6.16. The third kappa shape index (κ3) is 4.55. The standard InChI is InChI=1S/C18H18Cl2N2O3S/c19-13-6-5-11(8-14(13)20)12(7-10-3-1-2-4-10)16(23)22-18-21-9-15(26-18)17(24)25/h5-6,8-10,12H,1-4,7H2,(H,24,25)(H,21,22,23). The summed E-state index contributed by atoms with van der Waals surface area (Å²) in [5.41, 5.74) is 0.804. The molecule has 1 aliphatic carbocycles. The first-order valence-electron chi connectivity index (χ1n) is 8.39. The number of carboxylic acids is 1. The molecule has 1 saturated carbocycles. The van der Waals surface area contributed by atoms with Crippen molar-refractivity contribution in [2.24, 2.45) is 5.92 Å². The number of benzene rings is 1. The van der Waals surface area contributed by atoms with Crippen LogP contribution in [0.25, 0.3) is 0 Å². The van der Waals surface area contributed by atoms with Crippen LogP contribution in [-0.4, -0.2) is 22.0 Å². The number of amides is 1. The summed E-state index contributed by atoms with van der Waals surface area (Å²) in [4.78, 5) is 28.0. The molecule has 1 aromatic heterocycles. The van der Waals surface area contributed by atoms with Gasteiger partial charge in [-0.3, -0.25) is 4.79 Å². The van der Waals surface area contributed by atoms with Gasteiger partial charge in [0, 0.05) is 0 Å². The highest BCUT2D eigenvalue weighted by molar-refractivity contribution is 7.17. The minimum atomic E-state index is -1.06. The Bertz CT molecular complexity index is 819. The second-order valence-corrected chi connectivity index (χ2v) is 8.28. The van der Waals surface area contributed by atoms with E-state index in [1.54, 1.807) is 12.1 Å². The Morgan fingerprint density at radius 3 is 2.62 bits per heavy atom. The molecule has 2 aromatic rings. The summed E-state index contributed by atoms with van der Waals surface area (Å²) in [7, 11) is 0. The second kappa shape index (κ2) is 8.37. The van der Waals surface area contributed by atoms with Gasteiger partial charge in [0.2, 0.25) is 5.91 Å². The number of hydrogen-bond acceptors (Lipinski definition) is 4. The quantitative estimate of drug-likeness (QED) is 0.660. The molecule has 0 radical (unpaired) electrons. The minimum Gasteiger partial charge on any atom is -0.477 e. The highest BCUT2D eigenvalue weighted by Gasteiger charge is 2.28. The number of carboxylic acid groups (broad SMARTS) is 1. The molecule has 2 N–H and O–H groups in total. The summed E-state index contributed by atoms with van der Waals surface area (Å²) in [5.74, 6) is -1.16. The summed E-state index contributed by atoms with van der Waals surface area (Å²) in [6.07, 6.45) is 6.58. The third-order valence-corrected chi connectivity index (χ3v) is 6.29. The van der Waals surface area contributed by atoms with E-state index in [0.29, 0.717) is 16.0 Å². The Balaban J connectivity index is 1.81. The van der Waals surface area contributed by atoms with Gasteiger partial charge in [-0.15, -0.1) is 0 Å². The van der Waals surface area contributed by atoms with Crippen LogP contribution >= 0.6 is 34.5 Å². The smallest absolute Gasteiger partial charge is 0.347 e. The van der Waals surface area contributed by atoms with Crippen molar-refractivity contribution in [2.75, 3.05) is 5.32 Å². The fourth-order valence-electron chi connectivity index (χ4n) is 3.33. The number of rotatable bonds is 6. The first kappa shape index (κ1) is 19.1. The molecule has 1 aliphatic rings. The van der Waals surface area contributed by atoms with Gasteiger partial charge >= 0.3 is 5.97 Å². The van der Waals surface area contributed by atoms with Crippen LogP contribution < -0.4 is 5.32 Å². The molecule has 1 aromatic carbocycles. The highest BCUT2D eigenvalue weighted by Crippen LogP contribution is 2.36. The maximum Gasteiger partial charge on any atom is 0.347 e. The molecule has 1 amide bonds. The number of anilines is 1. The van der Waals surface area contributed by atoms with Crippen molar-refractivity contribution in [3.05, 3.63) is 44.9 Å². The number of nitrogens with one attached hydrogen (secondary N) is 1. The summed E-state index contributed by atoms with van der Waals surface area (Å²) in [6.45, 7) is 0. The van der Waals surface area contributed by atoms with Crippen molar-refractivity contribution >= 4 is 51.5 Å². The maximum atomic E-state index is 12.9. The van der Waals surface area contributed by atoms with Gasteiger partial charge in [-0.2, -0.15) is 0 Å². The number of thiazole rings is 1. The number of hydrogen-bond donors (Lipinski definition) is 2. The number of aromatic nitrogens is 1. The lowest BCUT2D eigenvalue weighted by atomic mass is 9.87. The van der Waals surface area contributed by atoms with E-state index < -0.39 is 5.97 Å². The second-order valence-electron chi connectivity index (χ2n) is 6.44. The lowest BCUT2D eigenvalue weighted by Crippen LogP contribution is -2.23. The molecular formula is C18H18Cl2N2O3S. The number of carbonyl (C=O) groups is 2. The normalized spacial score (nSPS) is 15.8. The van der Waals surface area contributed by atoms with Crippen molar-refractivity contribution < 1.29 is 14.7 Å². The summed E-state index contributed by atoms with van der Waals surface area (Å²) in [6, 6.07) is 5.24. The number of carbonyl (C=O) groups excluding carboxylic acids is 1. The molecule has 1 fully saturated rings. The van der Waals surface area contributed by atoms with Crippen molar-refractivity contribution in [1.29, 1.82) is 0 Å². The van der Waals surface area contributed by atoms with Crippen molar-refractivity contribution in [1.82, 2.24) is 4.98 Å². The molecule has 1 atom stereocenters. The monoisotopic (exact) mass is 412 g/mol. The van der Waals surface area contributed by atoms with Crippen LogP contribution in [0, 0.1) is 5.92 Å². The van der Waals surface area contributed by atoms with Crippen LogP contribution in [0.1, 0.15) is 53.3 Å². The number of halogens is 2. The molecule has 0 spiro atoms. The molecule has 3 rings (SSSR count). The molecule has 0 saturated heterocycles. The van der Waals surface area contributed by atoms with E-state index in [2.05, 4.69) is 10.3 Å². The average molecular weight is 413 g/mol. The molecule has 1 unspecified atom stereocenters. The first-order chi connectivity index (χ1) is 12.4. The van der Waals surface area contributed by atoms with Gasteiger partial charge in [-0.25, -0.2) is 9.78 Å². The van der Waals surface area contributed by atoms with Crippen molar-refractivity contribution in [2.45, 2.75) is 38.0 Å². The fraction of sp³-hybridized carbons (Fsp3) is 0.389. The van der Waals surface area contributed by atoms with E-state index in [0.717, 1.165) is 36.2 Å². The zero-order chi connectivity index (χ0) is 18.7. The molecule has 0 bridgehead atoms. The van der Waals surface area contributed by atoms with Crippen molar-refractivity contribution in [3.8, 4) is 0 Å². The third-order valence-electron chi connectivity index (χ3n) is 4.65. The Morgan fingerprint density at radius 2 is 2.00 bits per heavy atom. The molecular weight excluding hydrogens is 395 g/mol.